The molecule has 1 saturated heterocycles. The Morgan fingerprint density at radius 2 is 2.05 bits per heavy atom. The summed E-state index contributed by atoms with van der Waals surface area (Å²) in [4.78, 5) is 67.3. The lowest BCUT2D eigenvalue weighted by molar-refractivity contribution is -0.184. The molecule has 2 aliphatic heterocycles. The van der Waals surface area contributed by atoms with E-state index in [-0.39, 0.29) is 41.2 Å². The van der Waals surface area contributed by atoms with Crippen LogP contribution in [0.3, 0.4) is 0 Å². The minimum Gasteiger partial charge on any atom is -0.445 e. The zero-order valence-electron chi connectivity index (χ0n) is 22.4. The molecular formula is C24H30N6O9S2. The fourth-order valence-corrected chi connectivity index (χ4v) is 5.66. The van der Waals surface area contributed by atoms with Gasteiger partial charge in [0.05, 0.1) is 0 Å². The van der Waals surface area contributed by atoms with Gasteiger partial charge in [-0.3, -0.25) is 19.3 Å². The van der Waals surface area contributed by atoms with E-state index in [1.807, 2.05) is 13.8 Å². The van der Waals surface area contributed by atoms with Crippen LogP contribution in [-0.4, -0.2) is 80.7 Å². The Morgan fingerprint density at radius 3 is 2.66 bits per heavy atom. The van der Waals surface area contributed by atoms with E-state index in [0.29, 0.717) is 5.57 Å². The van der Waals surface area contributed by atoms with Gasteiger partial charge in [-0.1, -0.05) is 31.5 Å². The summed E-state index contributed by atoms with van der Waals surface area (Å²) in [5.41, 5.74) is 10.4. The molecule has 0 bridgehead atoms. The lowest BCUT2D eigenvalue weighted by atomic mass is 10.0. The van der Waals surface area contributed by atoms with Crippen LogP contribution in [0.4, 0.5) is 9.93 Å². The SMILES string of the molecule is CCC(C)CC(=O)OC(C)OC(=O)C1=C(/C=C\COC(N)=O)CS[C@@H]2C(NC(=O)/C(=N\O)c3csc(N)n3)C(=O)N12. The normalized spacial score (nSPS) is 20.1. The van der Waals surface area contributed by atoms with Gasteiger partial charge in [0, 0.05) is 24.5 Å². The number of hydrogen-bond acceptors (Lipinski definition) is 14. The van der Waals surface area contributed by atoms with E-state index >= 15 is 0 Å². The summed E-state index contributed by atoms with van der Waals surface area (Å²) in [6, 6.07) is -1.07. The number of amides is 3. The van der Waals surface area contributed by atoms with Crippen molar-refractivity contribution in [3.05, 3.63) is 34.5 Å². The molecule has 3 amide bonds. The molecule has 222 valence electrons. The number of primary amides is 1. The molecule has 15 nitrogen and oxygen atoms in total. The maximum atomic E-state index is 13.3. The molecule has 17 heteroatoms. The molecule has 0 saturated carbocycles. The first kappa shape index (κ1) is 31.4. The molecular weight excluding hydrogens is 580 g/mol. The predicted molar refractivity (Wildman–Crippen MR) is 147 cm³/mol. The van der Waals surface area contributed by atoms with Crippen molar-refractivity contribution in [2.45, 2.75) is 51.3 Å². The Kier molecular flexibility index (Phi) is 10.7. The second-order valence-corrected chi connectivity index (χ2v) is 11.0. The number of nitrogen functional groups attached to an aromatic ring is 1. The van der Waals surface area contributed by atoms with E-state index < -0.39 is 53.3 Å². The Bertz CT molecular complexity index is 1290. The highest BCUT2D eigenvalue weighted by molar-refractivity contribution is 8.00. The van der Waals surface area contributed by atoms with Crippen molar-refractivity contribution < 1.29 is 43.4 Å². The number of thiazole rings is 1. The Hall–Kier alpha value is -4.12. The molecule has 41 heavy (non-hydrogen) atoms. The number of β-lactam (4-membered cyclic amide) rings is 1. The second-order valence-electron chi connectivity index (χ2n) is 8.97. The van der Waals surface area contributed by atoms with E-state index in [4.69, 9.17) is 20.9 Å². The summed E-state index contributed by atoms with van der Waals surface area (Å²) in [6.07, 6.45) is 1.58. The molecule has 3 heterocycles. The van der Waals surface area contributed by atoms with Crippen LogP contribution in [0, 0.1) is 5.92 Å². The molecule has 0 aliphatic carbocycles. The van der Waals surface area contributed by atoms with E-state index in [1.165, 1.54) is 36.2 Å². The first-order valence-electron chi connectivity index (χ1n) is 12.4. The number of anilines is 1. The molecule has 3 rings (SSSR count). The van der Waals surface area contributed by atoms with Gasteiger partial charge in [0.15, 0.2) is 10.8 Å². The number of rotatable bonds is 12. The lowest BCUT2D eigenvalue weighted by Gasteiger charge is -2.49. The van der Waals surface area contributed by atoms with Gasteiger partial charge in [0.1, 0.15) is 29.4 Å². The monoisotopic (exact) mass is 610 g/mol. The zero-order chi connectivity index (χ0) is 30.3. The summed E-state index contributed by atoms with van der Waals surface area (Å²) in [5.74, 6) is -2.72. The van der Waals surface area contributed by atoms with Crippen LogP contribution < -0.4 is 16.8 Å². The summed E-state index contributed by atoms with van der Waals surface area (Å²) in [5, 5.41) is 15.7. The highest BCUT2D eigenvalue weighted by Crippen LogP contribution is 2.41. The van der Waals surface area contributed by atoms with Crippen LogP contribution in [0.1, 0.15) is 39.3 Å². The first-order chi connectivity index (χ1) is 19.5. The van der Waals surface area contributed by atoms with Gasteiger partial charge >= 0.3 is 18.0 Å². The number of thioether (sulfide) groups is 1. The summed E-state index contributed by atoms with van der Waals surface area (Å²) in [7, 11) is 0. The van der Waals surface area contributed by atoms with Crippen LogP contribution in [0.5, 0.6) is 0 Å². The fourth-order valence-electron chi connectivity index (χ4n) is 3.79. The number of esters is 2. The fraction of sp³-hybridized carbons (Fsp3) is 0.458. The van der Waals surface area contributed by atoms with Gasteiger partial charge in [-0.05, 0) is 17.6 Å². The smallest absolute Gasteiger partial charge is 0.404 e. The number of fused-ring (bicyclic) bond motifs is 1. The van der Waals surface area contributed by atoms with Gasteiger partial charge in [0.2, 0.25) is 6.29 Å². The number of hydrogen-bond donors (Lipinski definition) is 4. The highest BCUT2D eigenvalue weighted by atomic mass is 32.2. The van der Waals surface area contributed by atoms with E-state index in [9.17, 15) is 29.2 Å². The van der Waals surface area contributed by atoms with Gasteiger partial charge in [-0.25, -0.2) is 14.6 Å². The third-order valence-electron chi connectivity index (χ3n) is 5.98. The van der Waals surface area contributed by atoms with Crippen molar-refractivity contribution in [1.82, 2.24) is 15.2 Å². The largest absolute Gasteiger partial charge is 0.445 e. The van der Waals surface area contributed by atoms with Crippen LogP contribution in [0.25, 0.3) is 0 Å². The predicted octanol–water partition coefficient (Wildman–Crippen LogP) is 1.08. The number of nitrogens with one attached hydrogen (secondary N) is 1. The standard InChI is InChI=1S/C24H30N6O9S2/c1-4-11(2)8-15(31)38-12(3)39-22(34)18-13(6-5-7-37-24(26)35)9-40-21-17(20(33)30(18)21)28-19(32)16(29-36)14-10-41-23(25)27-14/h5-6,10-12,17,21,36H,4,7-9H2,1-3H3,(H2,25,27)(H2,26,35)(H,28,32)/b6-5-,29-16-/t11?,12?,17?,21-/m1/s1. The Labute approximate surface area is 242 Å². The van der Waals surface area contributed by atoms with Gasteiger partial charge in [0.25, 0.3) is 11.8 Å². The third kappa shape index (κ3) is 7.75. The minimum absolute atomic E-state index is 0.0269. The van der Waals surface area contributed by atoms with Crippen molar-refractivity contribution >= 4 is 63.8 Å². The Morgan fingerprint density at radius 1 is 1.32 bits per heavy atom. The maximum Gasteiger partial charge on any atom is 0.404 e. The third-order valence-corrected chi connectivity index (χ3v) is 7.96. The summed E-state index contributed by atoms with van der Waals surface area (Å²) >= 11 is 2.27. The first-order valence-corrected chi connectivity index (χ1v) is 14.3. The van der Waals surface area contributed by atoms with E-state index in [1.54, 1.807) is 0 Å². The quantitative estimate of drug-likeness (QED) is 0.0651. The second kappa shape index (κ2) is 14.0. The van der Waals surface area contributed by atoms with Crippen molar-refractivity contribution in [2.75, 3.05) is 18.1 Å². The zero-order valence-corrected chi connectivity index (χ0v) is 24.0. The lowest BCUT2D eigenvalue weighted by Crippen LogP contribution is -2.71. The summed E-state index contributed by atoms with van der Waals surface area (Å²) < 4.78 is 15.2. The number of allylic oxidation sites excluding steroid dienone is 1. The van der Waals surface area contributed by atoms with Crippen LogP contribution >= 0.6 is 23.1 Å². The van der Waals surface area contributed by atoms with Crippen LogP contribution in [-0.2, 0) is 33.4 Å². The van der Waals surface area contributed by atoms with Crippen LogP contribution in [0.15, 0.2) is 34.0 Å². The molecule has 1 aromatic rings. The van der Waals surface area contributed by atoms with E-state index in [0.717, 1.165) is 22.7 Å². The van der Waals surface area contributed by atoms with E-state index in [2.05, 4.69) is 20.2 Å². The molecule has 6 N–H and O–H groups in total. The van der Waals surface area contributed by atoms with Gasteiger partial charge in [-0.2, -0.15) is 0 Å². The molecule has 4 atom stereocenters. The molecule has 3 unspecified atom stereocenters. The average Bonchev–Trinajstić information content (AvgIpc) is 3.34. The highest BCUT2D eigenvalue weighted by Gasteiger charge is 2.54. The van der Waals surface area contributed by atoms with Gasteiger partial charge in [-0.15, -0.1) is 23.1 Å². The van der Waals surface area contributed by atoms with Crippen molar-refractivity contribution in [1.29, 1.82) is 0 Å². The number of oxime groups is 1. The molecule has 2 aliphatic rings. The number of carbonyl (C=O) groups excluding carboxylic acids is 5. The Balaban J connectivity index is 1.78. The molecule has 1 fully saturated rings. The molecule has 0 aromatic carbocycles. The van der Waals surface area contributed by atoms with Crippen LogP contribution in [0.2, 0.25) is 0 Å². The minimum atomic E-state index is -1.25. The summed E-state index contributed by atoms with van der Waals surface area (Å²) in [6.45, 7) is 5.01. The topological polar surface area (TPSA) is 226 Å². The number of nitrogens with zero attached hydrogens (tertiary/aromatic N) is 3. The number of nitrogens with two attached hydrogens (primary N) is 2. The number of ether oxygens (including phenoxy) is 3. The molecule has 1 aromatic heterocycles. The number of aromatic nitrogens is 1. The molecule has 0 radical (unpaired) electrons. The maximum absolute atomic E-state index is 13.3. The number of carbonyl (C=O) groups is 5. The van der Waals surface area contributed by atoms with Gasteiger partial charge < -0.3 is 36.2 Å². The van der Waals surface area contributed by atoms with Crippen molar-refractivity contribution in [3.63, 3.8) is 0 Å². The molecule has 0 spiro atoms. The van der Waals surface area contributed by atoms with Crippen molar-refractivity contribution in [2.24, 2.45) is 16.8 Å². The average molecular weight is 611 g/mol. The van der Waals surface area contributed by atoms with Crippen molar-refractivity contribution in [3.8, 4) is 0 Å².